The molecule has 0 aromatic rings. The van der Waals surface area contributed by atoms with Gasteiger partial charge >= 0.3 is 0 Å². The minimum atomic E-state index is 0.0357. The summed E-state index contributed by atoms with van der Waals surface area (Å²) in [5, 5.41) is 0. The Bertz CT molecular complexity index is 193. The van der Waals surface area contributed by atoms with Crippen LogP contribution in [0.5, 0.6) is 0 Å². The van der Waals surface area contributed by atoms with Crippen molar-refractivity contribution in [1.29, 1.82) is 0 Å². The topological polar surface area (TPSA) is 63.4 Å². The maximum Gasteiger partial charge on any atom is 0.222 e. The third-order valence-electron chi connectivity index (χ3n) is 2.06. The summed E-state index contributed by atoms with van der Waals surface area (Å²) in [7, 11) is 0. The second-order valence-electron chi connectivity index (χ2n) is 3.19. The average Bonchev–Trinajstić information content (AvgIpc) is 2.21. The summed E-state index contributed by atoms with van der Waals surface area (Å²) in [5.41, 5.74) is 5.29. The molecule has 0 aromatic carbocycles. The van der Waals surface area contributed by atoms with E-state index >= 15 is 0 Å². The summed E-state index contributed by atoms with van der Waals surface area (Å²) in [6.07, 6.45) is 1.64. The third kappa shape index (κ3) is 4.97. The van der Waals surface area contributed by atoms with E-state index in [1.165, 1.54) is 0 Å². The van der Waals surface area contributed by atoms with E-state index in [4.69, 9.17) is 5.73 Å². The third-order valence-corrected chi connectivity index (χ3v) is 2.06. The van der Waals surface area contributed by atoms with Gasteiger partial charge in [-0.3, -0.25) is 9.59 Å². The molecule has 0 bridgehead atoms. The van der Waals surface area contributed by atoms with Crippen molar-refractivity contribution < 1.29 is 9.59 Å². The fourth-order valence-corrected chi connectivity index (χ4v) is 1.19. The number of carbonyl (C=O) groups is 2. The van der Waals surface area contributed by atoms with Crippen LogP contribution in [0.3, 0.4) is 0 Å². The highest BCUT2D eigenvalue weighted by Crippen LogP contribution is 1.97. The molecule has 0 aliphatic carbocycles. The molecule has 4 heteroatoms. The molecule has 1 amide bonds. The quantitative estimate of drug-likeness (QED) is 0.653. The number of nitrogens with two attached hydrogens (primary N) is 1. The molecule has 0 heterocycles. The SMILES string of the molecule is CCC(=O)N(CC)CC(=O)CCCN. The average molecular weight is 200 g/mol. The van der Waals surface area contributed by atoms with Crippen molar-refractivity contribution in [2.75, 3.05) is 19.6 Å². The van der Waals surface area contributed by atoms with Gasteiger partial charge in [-0.05, 0) is 19.9 Å². The molecule has 0 fully saturated rings. The molecule has 0 rings (SSSR count). The molecule has 4 nitrogen and oxygen atoms in total. The molecular formula is C10H20N2O2. The zero-order valence-electron chi connectivity index (χ0n) is 9.08. The minimum Gasteiger partial charge on any atom is -0.336 e. The van der Waals surface area contributed by atoms with Gasteiger partial charge in [0.2, 0.25) is 5.91 Å². The van der Waals surface area contributed by atoms with E-state index < -0.39 is 0 Å². The number of hydrogen-bond acceptors (Lipinski definition) is 3. The lowest BCUT2D eigenvalue weighted by Crippen LogP contribution is -2.35. The van der Waals surface area contributed by atoms with Crippen LogP contribution >= 0.6 is 0 Å². The van der Waals surface area contributed by atoms with Crippen molar-refractivity contribution in [3.05, 3.63) is 0 Å². The lowest BCUT2D eigenvalue weighted by atomic mass is 10.2. The Balaban J connectivity index is 3.92. The van der Waals surface area contributed by atoms with Gasteiger partial charge in [-0.2, -0.15) is 0 Å². The zero-order valence-corrected chi connectivity index (χ0v) is 9.08. The normalized spacial score (nSPS) is 9.93. The minimum absolute atomic E-state index is 0.0357. The number of carbonyl (C=O) groups excluding carboxylic acids is 2. The fourth-order valence-electron chi connectivity index (χ4n) is 1.19. The first-order valence-corrected chi connectivity index (χ1v) is 5.15. The number of hydrogen-bond donors (Lipinski definition) is 1. The summed E-state index contributed by atoms with van der Waals surface area (Å²) >= 11 is 0. The lowest BCUT2D eigenvalue weighted by molar-refractivity contribution is -0.134. The maximum absolute atomic E-state index is 11.3. The highest BCUT2D eigenvalue weighted by atomic mass is 16.2. The molecule has 2 N–H and O–H groups in total. The molecule has 0 aliphatic heterocycles. The molecule has 0 saturated carbocycles. The molecule has 0 unspecified atom stereocenters. The smallest absolute Gasteiger partial charge is 0.222 e. The standard InChI is InChI=1S/C10H20N2O2/c1-3-10(14)12(4-2)8-9(13)6-5-7-11/h3-8,11H2,1-2H3. The number of Topliss-reactive ketones (excluding diaryl/α,β-unsaturated/α-hetero) is 1. The Labute approximate surface area is 85.4 Å². The number of rotatable bonds is 7. The molecule has 0 aliphatic rings. The maximum atomic E-state index is 11.3. The molecule has 14 heavy (non-hydrogen) atoms. The van der Waals surface area contributed by atoms with Crippen molar-refractivity contribution in [3.63, 3.8) is 0 Å². The Hall–Kier alpha value is -0.900. The molecule has 0 spiro atoms. The van der Waals surface area contributed by atoms with Crippen molar-refractivity contribution in [2.45, 2.75) is 33.1 Å². The summed E-state index contributed by atoms with van der Waals surface area (Å²) in [6.45, 7) is 5.04. The number of amides is 1. The fraction of sp³-hybridized carbons (Fsp3) is 0.800. The van der Waals surface area contributed by atoms with Crippen LogP contribution in [0.4, 0.5) is 0 Å². The van der Waals surface area contributed by atoms with Crippen molar-refractivity contribution in [1.82, 2.24) is 4.90 Å². The van der Waals surface area contributed by atoms with Crippen LogP contribution in [0.2, 0.25) is 0 Å². The Morgan fingerprint density at radius 3 is 2.36 bits per heavy atom. The van der Waals surface area contributed by atoms with E-state index in [1.807, 2.05) is 6.92 Å². The van der Waals surface area contributed by atoms with Crippen LogP contribution in [-0.2, 0) is 9.59 Å². The number of nitrogens with zero attached hydrogens (tertiary/aromatic N) is 1. The van der Waals surface area contributed by atoms with Gasteiger partial charge in [0.15, 0.2) is 5.78 Å². The van der Waals surface area contributed by atoms with Crippen LogP contribution in [0.15, 0.2) is 0 Å². The summed E-state index contributed by atoms with van der Waals surface area (Å²) < 4.78 is 0. The van der Waals surface area contributed by atoms with Gasteiger partial charge < -0.3 is 10.6 Å². The molecule has 0 radical (unpaired) electrons. The van der Waals surface area contributed by atoms with Gasteiger partial charge in [0.05, 0.1) is 6.54 Å². The van der Waals surface area contributed by atoms with E-state index in [1.54, 1.807) is 11.8 Å². The van der Waals surface area contributed by atoms with Crippen molar-refractivity contribution in [3.8, 4) is 0 Å². The lowest BCUT2D eigenvalue weighted by Gasteiger charge is -2.19. The van der Waals surface area contributed by atoms with E-state index in [2.05, 4.69) is 0 Å². The van der Waals surface area contributed by atoms with E-state index in [-0.39, 0.29) is 18.2 Å². The van der Waals surface area contributed by atoms with Gasteiger partial charge in [-0.25, -0.2) is 0 Å². The van der Waals surface area contributed by atoms with Gasteiger partial charge in [-0.1, -0.05) is 6.92 Å². The molecule has 82 valence electrons. The summed E-state index contributed by atoms with van der Waals surface area (Å²) in [4.78, 5) is 24.2. The van der Waals surface area contributed by atoms with Crippen LogP contribution < -0.4 is 5.73 Å². The van der Waals surface area contributed by atoms with Crippen molar-refractivity contribution in [2.24, 2.45) is 5.73 Å². The largest absolute Gasteiger partial charge is 0.336 e. The van der Waals surface area contributed by atoms with E-state index in [0.29, 0.717) is 32.4 Å². The molecular weight excluding hydrogens is 180 g/mol. The highest BCUT2D eigenvalue weighted by Gasteiger charge is 2.12. The number of ketones is 1. The number of likely N-dealkylation sites (N-methyl/N-ethyl adjacent to an activating group) is 1. The monoisotopic (exact) mass is 200 g/mol. The highest BCUT2D eigenvalue weighted by molar-refractivity contribution is 5.85. The second-order valence-corrected chi connectivity index (χ2v) is 3.19. The first kappa shape index (κ1) is 13.1. The Morgan fingerprint density at radius 1 is 1.29 bits per heavy atom. The predicted octanol–water partition coefficient (Wildman–Crippen LogP) is 0.553. The first-order chi connectivity index (χ1) is 6.65. The van der Waals surface area contributed by atoms with E-state index in [0.717, 1.165) is 0 Å². The molecule has 0 saturated heterocycles. The van der Waals surface area contributed by atoms with Crippen LogP contribution in [0.1, 0.15) is 33.1 Å². The Kier molecular flexibility index (Phi) is 7.02. The Morgan fingerprint density at radius 2 is 1.93 bits per heavy atom. The van der Waals surface area contributed by atoms with Gasteiger partial charge in [0, 0.05) is 19.4 Å². The first-order valence-electron chi connectivity index (χ1n) is 5.15. The summed E-state index contributed by atoms with van der Waals surface area (Å²) in [5.74, 6) is 0.132. The van der Waals surface area contributed by atoms with Gasteiger partial charge in [0.1, 0.15) is 0 Å². The second kappa shape index (κ2) is 7.50. The van der Waals surface area contributed by atoms with Crippen molar-refractivity contribution >= 4 is 11.7 Å². The van der Waals surface area contributed by atoms with Gasteiger partial charge in [-0.15, -0.1) is 0 Å². The van der Waals surface area contributed by atoms with Gasteiger partial charge in [0.25, 0.3) is 0 Å². The van der Waals surface area contributed by atoms with Crippen LogP contribution in [0.25, 0.3) is 0 Å². The molecule has 0 aromatic heterocycles. The van der Waals surface area contributed by atoms with Crippen LogP contribution in [-0.4, -0.2) is 36.2 Å². The summed E-state index contributed by atoms with van der Waals surface area (Å²) in [6, 6.07) is 0. The zero-order chi connectivity index (χ0) is 11.0. The predicted molar refractivity (Wildman–Crippen MR) is 55.8 cm³/mol. The molecule has 0 atom stereocenters. The van der Waals surface area contributed by atoms with Crippen LogP contribution in [0, 0.1) is 0 Å². The van der Waals surface area contributed by atoms with E-state index in [9.17, 15) is 9.59 Å².